The molecule has 3 N–H and O–H groups in total. The smallest absolute Gasteiger partial charge is 0.235 e. The van der Waals surface area contributed by atoms with Crippen LogP contribution in [0.2, 0.25) is 0 Å². The van der Waals surface area contributed by atoms with Crippen LogP contribution in [0.3, 0.4) is 0 Å². The Kier molecular flexibility index (Phi) is 5.87. The van der Waals surface area contributed by atoms with Crippen LogP contribution in [0.25, 0.3) is 0 Å². The summed E-state index contributed by atoms with van der Waals surface area (Å²) in [5, 5.41) is 2.75. The van der Waals surface area contributed by atoms with E-state index in [9.17, 15) is 9.59 Å². The lowest BCUT2D eigenvalue weighted by Gasteiger charge is -2.09. The zero-order chi connectivity index (χ0) is 8.69. The molecule has 0 saturated carbocycles. The van der Waals surface area contributed by atoms with Gasteiger partial charge in [0.05, 0.1) is 6.04 Å². The van der Waals surface area contributed by atoms with Crippen molar-refractivity contribution >= 4 is 24.0 Å². The van der Waals surface area contributed by atoms with Crippen molar-refractivity contribution in [1.82, 2.24) is 5.32 Å². The van der Waals surface area contributed by atoms with Crippen LogP contribution in [-0.4, -0.2) is 36.8 Å². The number of aldehydes is 1. The Morgan fingerprint density at radius 1 is 1.82 bits per heavy atom. The van der Waals surface area contributed by atoms with E-state index in [2.05, 4.69) is 5.32 Å². The Hall–Kier alpha value is -0.550. The highest BCUT2D eigenvalue weighted by atomic mass is 32.2. The van der Waals surface area contributed by atoms with Crippen molar-refractivity contribution in [3.63, 3.8) is 0 Å². The highest BCUT2D eigenvalue weighted by Crippen LogP contribution is 1.99. The second kappa shape index (κ2) is 6.18. The first kappa shape index (κ1) is 10.4. The predicted octanol–water partition coefficient (Wildman–Crippen LogP) is -1.01. The van der Waals surface area contributed by atoms with Gasteiger partial charge in [-0.15, -0.1) is 0 Å². The number of hydrogen-bond donors (Lipinski definition) is 2. The molecular weight excluding hydrogens is 164 g/mol. The molecule has 11 heavy (non-hydrogen) atoms. The fourth-order valence-electron chi connectivity index (χ4n) is 0.542. The van der Waals surface area contributed by atoms with Crippen molar-refractivity contribution in [2.45, 2.75) is 6.04 Å². The molecule has 1 amide bonds. The zero-order valence-corrected chi connectivity index (χ0v) is 7.19. The van der Waals surface area contributed by atoms with E-state index < -0.39 is 0 Å². The van der Waals surface area contributed by atoms with Gasteiger partial charge < -0.3 is 15.8 Å². The number of primary amides is 1. The maximum atomic E-state index is 10.6. The monoisotopic (exact) mass is 176 g/mol. The van der Waals surface area contributed by atoms with Crippen molar-refractivity contribution in [3.05, 3.63) is 0 Å². The molecule has 0 aromatic rings. The van der Waals surface area contributed by atoms with E-state index in [4.69, 9.17) is 5.73 Å². The van der Waals surface area contributed by atoms with E-state index in [1.807, 2.05) is 0 Å². The van der Waals surface area contributed by atoms with Gasteiger partial charge in [-0.2, -0.15) is 11.8 Å². The third kappa shape index (κ3) is 4.80. The first-order chi connectivity index (χ1) is 5.22. The van der Waals surface area contributed by atoms with Crippen LogP contribution in [0.5, 0.6) is 0 Å². The lowest BCUT2D eigenvalue weighted by Crippen LogP contribution is -2.41. The number of amides is 1. The Morgan fingerprint density at radius 3 is 2.82 bits per heavy atom. The first-order valence-corrected chi connectivity index (χ1v) is 4.35. The molecule has 0 aromatic heterocycles. The van der Waals surface area contributed by atoms with Gasteiger partial charge in [-0.25, -0.2) is 0 Å². The van der Waals surface area contributed by atoms with Crippen LogP contribution in [0, 0.1) is 0 Å². The van der Waals surface area contributed by atoms with Crippen molar-refractivity contribution in [2.24, 2.45) is 5.73 Å². The molecule has 0 unspecified atom stereocenters. The normalized spacial score (nSPS) is 12.5. The second-order valence-electron chi connectivity index (χ2n) is 1.95. The maximum Gasteiger partial charge on any atom is 0.235 e. The molecule has 0 aliphatic rings. The van der Waals surface area contributed by atoms with Gasteiger partial charge in [0.15, 0.2) is 0 Å². The first-order valence-electron chi connectivity index (χ1n) is 3.20. The highest BCUT2D eigenvalue weighted by molar-refractivity contribution is 7.99. The molecule has 0 bridgehead atoms. The number of carbonyl (C=O) groups is 2. The minimum atomic E-state index is -0.383. The molecule has 1 atom stereocenters. The SMILES string of the molecule is CN[C@@H](CSCC=O)C(N)=O. The third-order valence-corrected chi connectivity index (χ3v) is 2.10. The molecule has 0 heterocycles. The Balaban J connectivity index is 3.52. The van der Waals surface area contributed by atoms with Gasteiger partial charge in [0, 0.05) is 11.5 Å². The average Bonchev–Trinajstić information content (AvgIpc) is 1.97. The standard InChI is InChI=1S/C6H12N2O2S/c1-8-5(6(7)10)4-11-3-2-9/h2,5,8H,3-4H2,1H3,(H2,7,10)/t5-/m0/s1. The molecule has 64 valence electrons. The molecule has 0 aromatic carbocycles. The number of nitrogens with two attached hydrogens (primary N) is 1. The molecule has 0 radical (unpaired) electrons. The molecule has 0 aliphatic heterocycles. The van der Waals surface area contributed by atoms with Crippen molar-refractivity contribution < 1.29 is 9.59 Å². The third-order valence-electron chi connectivity index (χ3n) is 1.16. The molecular formula is C6H12N2O2S. The number of nitrogens with one attached hydrogen (secondary N) is 1. The minimum Gasteiger partial charge on any atom is -0.368 e. The lowest BCUT2D eigenvalue weighted by atomic mass is 10.3. The van der Waals surface area contributed by atoms with Gasteiger partial charge in [0.25, 0.3) is 0 Å². The lowest BCUT2D eigenvalue weighted by molar-refractivity contribution is -0.119. The summed E-state index contributed by atoms with van der Waals surface area (Å²) in [5.74, 6) is 0.571. The second-order valence-corrected chi connectivity index (χ2v) is 3.02. The minimum absolute atomic E-state index is 0.333. The average molecular weight is 176 g/mol. The topological polar surface area (TPSA) is 72.2 Å². The number of carbonyl (C=O) groups excluding carboxylic acids is 2. The highest BCUT2D eigenvalue weighted by Gasteiger charge is 2.11. The number of likely N-dealkylation sites (N-methyl/N-ethyl adjacent to an activating group) is 1. The van der Waals surface area contributed by atoms with Gasteiger partial charge in [0.1, 0.15) is 6.29 Å². The Morgan fingerprint density at radius 2 is 2.45 bits per heavy atom. The zero-order valence-electron chi connectivity index (χ0n) is 6.37. The van der Waals surface area contributed by atoms with Crippen LogP contribution in [0.15, 0.2) is 0 Å². The Bertz CT molecular complexity index is 141. The van der Waals surface area contributed by atoms with Gasteiger partial charge in [-0.1, -0.05) is 0 Å². The van der Waals surface area contributed by atoms with E-state index in [-0.39, 0.29) is 11.9 Å². The fourth-order valence-corrected chi connectivity index (χ4v) is 1.34. The van der Waals surface area contributed by atoms with E-state index in [0.29, 0.717) is 11.5 Å². The molecule has 0 saturated heterocycles. The van der Waals surface area contributed by atoms with E-state index in [1.54, 1.807) is 7.05 Å². The maximum absolute atomic E-state index is 10.6. The number of rotatable bonds is 6. The molecule has 5 heteroatoms. The summed E-state index contributed by atoms with van der Waals surface area (Å²) >= 11 is 1.38. The predicted molar refractivity (Wildman–Crippen MR) is 45.4 cm³/mol. The van der Waals surface area contributed by atoms with Crippen LogP contribution in [0.4, 0.5) is 0 Å². The summed E-state index contributed by atoms with van der Waals surface area (Å²) < 4.78 is 0. The number of hydrogen-bond acceptors (Lipinski definition) is 4. The summed E-state index contributed by atoms with van der Waals surface area (Å²) in [4.78, 5) is 20.5. The van der Waals surface area contributed by atoms with E-state index in [0.717, 1.165) is 6.29 Å². The Labute approximate surface area is 69.9 Å². The van der Waals surface area contributed by atoms with Gasteiger partial charge in [0.2, 0.25) is 5.91 Å². The van der Waals surface area contributed by atoms with Crippen molar-refractivity contribution in [1.29, 1.82) is 0 Å². The van der Waals surface area contributed by atoms with E-state index >= 15 is 0 Å². The van der Waals surface area contributed by atoms with Gasteiger partial charge in [-0.3, -0.25) is 4.79 Å². The van der Waals surface area contributed by atoms with Crippen LogP contribution < -0.4 is 11.1 Å². The van der Waals surface area contributed by atoms with Crippen molar-refractivity contribution in [3.8, 4) is 0 Å². The summed E-state index contributed by atoms with van der Waals surface area (Å²) in [7, 11) is 1.66. The van der Waals surface area contributed by atoms with Gasteiger partial charge in [-0.05, 0) is 7.05 Å². The largest absolute Gasteiger partial charge is 0.368 e. The van der Waals surface area contributed by atoms with E-state index in [1.165, 1.54) is 11.8 Å². The quantitative estimate of drug-likeness (QED) is 0.402. The fraction of sp³-hybridized carbons (Fsp3) is 0.667. The van der Waals surface area contributed by atoms with Crippen LogP contribution in [0.1, 0.15) is 0 Å². The summed E-state index contributed by atoms with van der Waals surface area (Å²) in [6.07, 6.45) is 0.804. The molecule has 0 aliphatic carbocycles. The van der Waals surface area contributed by atoms with Crippen molar-refractivity contribution in [2.75, 3.05) is 18.6 Å². The molecule has 0 spiro atoms. The number of thioether (sulfide) groups is 1. The van der Waals surface area contributed by atoms with Crippen LogP contribution >= 0.6 is 11.8 Å². The summed E-state index contributed by atoms with van der Waals surface area (Å²) in [6.45, 7) is 0. The van der Waals surface area contributed by atoms with Crippen LogP contribution in [-0.2, 0) is 9.59 Å². The summed E-state index contributed by atoms with van der Waals surface area (Å²) in [5.41, 5.74) is 5.03. The van der Waals surface area contributed by atoms with Gasteiger partial charge >= 0.3 is 0 Å². The summed E-state index contributed by atoms with van der Waals surface area (Å²) in [6, 6.07) is -0.333. The molecule has 4 nitrogen and oxygen atoms in total. The molecule has 0 fully saturated rings. The molecule has 0 rings (SSSR count).